The molecule has 0 aromatic heterocycles. The van der Waals surface area contributed by atoms with Crippen molar-refractivity contribution in [1.82, 2.24) is 0 Å². The summed E-state index contributed by atoms with van der Waals surface area (Å²) in [6, 6.07) is 4.77. The van der Waals surface area contributed by atoms with Gasteiger partial charge in [0.2, 0.25) is 0 Å². The van der Waals surface area contributed by atoms with E-state index in [1.54, 1.807) is 0 Å². The van der Waals surface area contributed by atoms with Gasteiger partial charge >= 0.3 is 5.97 Å². The fourth-order valence-corrected chi connectivity index (χ4v) is 1.75. The van der Waals surface area contributed by atoms with Gasteiger partial charge in [0.25, 0.3) is 0 Å². The largest absolute Gasteiger partial charge is 0.478 e. The Kier molecular flexibility index (Phi) is 3.07. The van der Waals surface area contributed by atoms with Gasteiger partial charge in [0.05, 0.1) is 15.6 Å². The number of aromatic carboxylic acids is 1. The van der Waals surface area contributed by atoms with Gasteiger partial charge in [-0.3, -0.25) is 0 Å². The van der Waals surface area contributed by atoms with Crippen LogP contribution in [-0.2, 0) is 0 Å². The minimum absolute atomic E-state index is 0.130. The SMILES string of the molecule is N#Cc1ccc(C(=O)O)c(Br)c1Br. The average Bonchev–Trinajstić information content (AvgIpc) is 2.09. The van der Waals surface area contributed by atoms with E-state index in [0.717, 1.165) is 0 Å². The number of carboxylic acids is 1. The topological polar surface area (TPSA) is 61.1 Å². The average molecular weight is 305 g/mol. The Labute approximate surface area is 91.2 Å². The van der Waals surface area contributed by atoms with Crippen LogP contribution < -0.4 is 0 Å². The van der Waals surface area contributed by atoms with Crippen LogP contribution in [0.1, 0.15) is 15.9 Å². The lowest BCUT2D eigenvalue weighted by atomic mass is 10.1. The van der Waals surface area contributed by atoms with E-state index < -0.39 is 5.97 Å². The van der Waals surface area contributed by atoms with E-state index in [2.05, 4.69) is 31.9 Å². The molecular formula is C8H3Br2NO2. The molecule has 66 valence electrons. The number of hydrogen-bond acceptors (Lipinski definition) is 2. The molecule has 5 heteroatoms. The summed E-state index contributed by atoms with van der Waals surface area (Å²) in [5.41, 5.74) is 0.530. The lowest BCUT2D eigenvalue weighted by Gasteiger charge is -2.02. The summed E-state index contributed by atoms with van der Waals surface area (Å²) in [6.45, 7) is 0. The van der Waals surface area contributed by atoms with Crippen LogP contribution in [0.2, 0.25) is 0 Å². The quantitative estimate of drug-likeness (QED) is 0.868. The lowest BCUT2D eigenvalue weighted by molar-refractivity contribution is 0.0696. The smallest absolute Gasteiger partial charge is 0.336 e. The van der Waals surface area contributed by atoms with E-state index in [1.165, 1.54) is 12.1 Å². The van der Waals surface area contributed by atoms with Crippen molar-refractivity contribution in [3.8, 4) is 6.07 Å². The zero-order chi connectivity index (χ0) is 10.0. The van der Waals surface area contributed by atoms with Gasteiger partial charge in [-0.05, 0) is 44.0 Å². The molecule has 0 aliphatic rings. The highest BCUT2D eigenvalue weighted by Gasteiger charge is 2.13. The zero-order valence-corrected chi connectivity index (χ0v) is 9.39. The maximum atomic E-state index is 10.6. The first-order valence-corrected chi connectivity index (χ1v) is 4.78. The molecule has 1 rings (SSSR count). The summed E-state index contributed by atoms with van der Waals surface area (Å²) < 4.78 is 0.856. The highest BCUT2D eigenvalue weighted by Crippen LogP contribution is 2.29. The van der Waals surface area contributed by atoms with Gasteiger partial charge in [0, 0.05) is 4.47 Å². The van der Waals surface area contributed by atoms with Crippen LogP contribution >= 0.6 is 31.9 Å². The number of hydrogen-bond donors (Lipinski definition) is 1. The third-order valence-electron chi connectivity index (χ3n) is 1.43. The highest BCUT2D eigenvalue weighted by atomic mass is 79.9. The van der Waals surface area contributed by atoms with Crippen LogP contribution in [-0.4, -0.2) is 11.1 Å². The standard InChI is InChI=1S/C8H3Br2NO2/c9-6-4(3-11)1-2-5(7(6)10)8(12)13/h1-2H,(H,12,13). The minimum atomic E-state index is -1.03. The van der Waals surface area contributed by atoms with Crippen LogP contribution in [0, 0.1) is 11.3 Å². The first kappa shape index (κ1) is 10.2. The molecule has 0 heterocycles. The Balaban J connectivity index is 3.42. The molecule has 3 nitrogen and oxygen atoms in total. The van der Waals surface area contributed by atoms with E-state index >= 15 is 0 Å². The highest BCUT2D eigenvalue weighted by molar-refractivity contribution is 9.13. The fraction of sp³-hybridized carbons (Fsp3) is 0. The maximum absolute atomic E-state index is 10.6. The summed E-state index contributed by atoms with van der Waals surface area (Å²) in [6.07, 6.45) is 0. The lowest BCUT2D eigenvalue weighted by Crippen LogP contribution is -1.98. The molecule has 0 unspecified atom stereocenters. The molecule has 0 saturated carbocycles. The molecule has 0 spiro atoms. The summed E-state index contributed by atoms with van der Waals surface area (Å²) in [4.78, 5) is 10.6. The summed E-state index contributed by atoms with van der Waals surface area (Å²) in [5, 5.41) is 17.3. The first-order valence-electron chi connectivity index (χ1n) is 3.19. The van der Waals surface area contributed by atoms with E-state index in [0.29, 0.717) is 14.5 Å². The van der Waals surface area contributed by atoms with Crippen molar-refractivity contribution in [3.05, 3.63) is 32.2 Å². The van der Waals surface area contributed by atoms with Gasteiger partial charge < -0.3 is 5.11 Å². The normalized spacial score (nSPS) is 9.31. The molecule has 1 N–H and O–H groups in total. The Bertz CT molecular complexity index is 409. The van der Waals surface area contributed by atoms with Crippen molar-refractivity contribution >= 4 is 37.8 Å². The number of halogens is 2. The van der Waals surface area contributed by atoms with Crippen LogP contribution in [0.3, 0.4) is 0 Å². The summed E-state index contributed by atoms with van der Waals surface area (Å²) in [5.74, 6) is -1.03. The molecule has 0 radical (unpaired) electrons. The maximum Gasteiger partial charge on any atom is 0.336 e. The summed E-state index contributed by atoms with van der Waals surface area (Å²) in [7, 11) is 0. The van der Waals surface area contributed by atoms with Crippen molar-refractivity contribution in [2.75, 3.05) is 0 Å². The van der Waals surface area contributed by atoms with E-state index in [-0.39, 0.29) is 5.56 Å². The van der Waals surface area contributed by atoms with Gasteiger partial charge in [0.1, 0.15) is 6.07 Å². The molecule has 1 aromatic rings. The Morgan fingerprint density at radius 3 is 2.46 bits per heavy atom. The van der Waals surface area contributed by atoms with Crippen molar-refractivity contribution in [1.29, 1.82) is 5.26 Å². The van der Waals surface area contributed by atoms with Crippen molar-refractivity contribution < 1.29 is 9.90 Å². The van der Waals surface area contributed by atoms with Crippen molar-refractivity contribution in [2.24, 2.45) is 0 Å². The number of nitrogens with zero attached hydrogens (tertiary/aromatic N) is 1. The zero-order valence-electron chi connectivity index (χ0n) is 6.21. The second kappa shape index (κ2) is 3.90. The number of rotatable bonds is 1. The molecule has 0 aliphatic heterocycles. The number of nitriles is 1. The Hall–Kier alpha value is -0.860. The molecule has 0 atom stereocenters. The van der Waals surface area contributed by atoms with Crippen molar-refractivity contribution in [3.63, 3.8) is 0 Å². The monoisotopic (exact) mass is 303 g/mol. The molecule has 0 bridgehead atoms. The van der Waals surface area contributed by atoms with Crippen LogP contribution in [0.5, 0.6) is 0 Å². The van der Waals surface area contributed by atoms with Gasteiger partial charge in [-0.1, -0.05) is 0 Å². The Morgan fingerprint density at radius 2 is 2.00 bits per heavy atom. The van der Waals surface area contributed by atoms with Crippen LogP contribution in [0.25, 0.3) is 0 Å². The fourth-order valence-electron chi connectivity index (χ4n) is 0.801. The first-order chi connectivity index (χ1) is 6.07. The number of benzene rings is 1. The van der Waals surface area contributed by atoms with Crippen LogP contribution in [0.15, 0.2) is 21.1 Å². The number of carboxylic acid groups (broad SMARTS) is 1. The second-order valence-corrected chi connectivity index (χ2v) is 3.79. The van der Waals surface area contributed by atoms with Crippen molar-refractivity contribution in [2.45, 2.75) is 0 Å². The van der Waals surface area contributed by atoms with E-state index in [4.69, 9.17) is 10.4 Å². The predicted octanol–water partition coefficient (Wildman–Crippen LogP) is 2.78. The Morgan fingerprint density at radius 1 is 1.38 bits per heavy atom. The predicted molar refractivity (Wildman–Crippen MR) is 53.5 cm³/mol. The van der Waals surface area contributed by atoms with E-state index in [1.807, 2.05) is 6.07 Å². The third kappa shape index (κ3) is 1.90. The molecule has 1 aromatic carbocycles. The van der Waals surface area contributed by atoms with Crippen LogP contribution in [0.4, 0.5) is 0 Å². The van der Waals surface area contributed by atoms with Gasteiger partial charge in [0.15, 0.2) is 0 Å². The summed E-state index contributed by atoms with van der Waals surface area (Å²) >= 11 is 6.22. The second-order valence-electron chi connectivity index (χ2n) is 2.21. The molecule has 13 heavy (non-hydrogen) atoms. The van der Waals surface area contributed by atoms with Gasteiger partial charge in [-0.15, -0.1) is 0 Å². The van der Waals surface area contributed by atoms with E-state index in [9.17, 15) is 4.79 Å². The molecule has 0 amide bonds. The molecular weight excluding hydrogens is 302 g/mol. The van der Waals surface area contributed by atoms with Gasteiger partial charge in [-0.2, -0.15) is 5.26 Å². The number of carbonyl (C=O) groups is 1. The molecule has 0 aliphatic carbocycles. The van der Waals surface area contributed by atoms with Gasteiger partial charge in [-0.25, -0.2) is 4.79 Å². The third-order valence-corrected chi connectivity index (χ3v) is 3.61. The molecule has 0 fully saturated rings. The minimum Gasteiger partial charge on any atom is -0.478 e. The molecule has 0 saturated heterocycles.